The minimum Gasteiger partial charge on any atom is -0.467 e. The Balaban J connectivity index is 2.18. The molecule has 1 aromatic carbocycles. The van der Waals surface area contributed by atoms with Crippen LogP contribution in [0.2, 0.25) is 0 Å². The molecule has 1 atom stereocenters. The van der Waals surface area contributed by atoms with E-state index in [1.54, 1.807) is 0 Å². The van der Waals surface area contributed by atoms with Crippen LogP contribution in [0.25, 0.3) is 11.0 Å². The van der Waals surface area contributed by atoms with E-state index in [1.165, 1.54) is 31.1 Å². The van der Waals surface area contributed by atoms with Crippen molar-refractivity contribution in [3.63, 3.8) is 0 Å². The quantitative estimate of drug-likeness (QED) is 0.881. The number of anilines is 1. The Hall–Kier alpha value is -2.04. The number of nitrogens with zero attached hydrogens (tertiary/aromatic N) is 2. The van der Waals surface area contributed by atoms with Crippen molar-refractivity contribution in [2.24, 2.45) is 0 Å². The Bertz CT molecular complexity index is 690. The van der Waals surface area contributed by atoms with Gasteiger partial charge in [0.2, 0.25) is 5.95 Å². The number of aromatic nitrogens is 2. The number of esters is 1. The summed E-state index contributed by atoms with van der Waals surface area (Å²) in [6.07, 6.45) is 5.27. The van der Waals surface area contributed by atoms with E-state index in [-0.39, 0.29) is 5.97 Å². The maximum absolute atomic E-state index is 12.0. The molecule has 1 aromatic heterocycles. The predicted molar refractivity (Wildman–Crippen MR) is 82.1 cm³/mol. The first-order chi connectivity index (χ1) is 10.2. The summed E-state index contributed by atoms with van der Waals surface area (Å²) in [5.41, 5.74) is 10.6. The number of hydrogen-bond donors (Lipinski definition) is 1. The van der Waals surface area contributed by atoms with Gasteiger partial charge < -0.3 is 10.5 Å². The lowest BCUT2D eigenvalue weighted by Gasteiger charge is -2.19. The zero-order valence-corrected chi connectivity index (χ0v) is 12.6. The molecule has 0 amide bonds. The van der Waals surface area contributed by atoms with Crippen molar-refractivity contribution >= 4 is 23.0 Å². The second kappa shape index (κ2) is 5.39. The number of ether oxygens (including phenoxy) is 1. The Kier molecular flexibility index (Phi) is 3.57. The SMILES string of the molecule is CCC(C(=O)OC)n1c(N)nc2cc3c(cc21)CCCC3. The van der Waals surface area contributed by atoms with Gasteiger partial charge in [0, 0.05) is 0 Å². The average Bonchev–Trinajstić information content (AvgIpc) is 2.81. The molecule has 5 nitrogen and oxygen atoms in total. The number of nitrogens with two attached hydrogens (primary N) is 1. The van der Waals surface area contributed by atoms with Gasteiger partial charge in [0.05, 0.1) is 18.1 Å². The highest BCUT2D eigenvalue weighted by Crippen LogP contribution is 2.31. The standard InChI is InChI=1S/C16H21N3O2/c1-3-13(15(20)21-2)19-14-9-11-7-5-4-6-10(11)8-12(14)18-16(19)17/h8-9,13H,3-7H2,1-2H3,(H2,17,18). The molecular formula is C16H21N3O2. The Labute approximate surface area is 124 Å². The number of rotatable bonds is 3. The third-order valence-corrected chi connectivity index (χ3v) is 4.35. The minimum atomic E-state index is -0.415. The molecule has 2 aromatic rings. The summed E-state index contributed by atoms with van der Waals surface area (Å²) in [5, 5.41) is 0. The summed E-state index contributed by atoms with van der Waals surface area (Å²) < 4.78 is 6.72. The van der Waals surface area contributed by atoms with Gasteiger partial charge in [-0.1, -0.05) is 6.92 Å². The highest BCUT2D eigenvalue weighted by atomic mass is 16.5. The van der Waals surface area contributed by atoms with Crippen molar-refractivity contribution in [1.29, 1.82) is 0 Å². The van der Waals surface area contributed by atoms with Crippen molar-refractivity contribution in [3.8, 4) is 0 Å². The van der Waals surface area contributed by atoms with Gasteiger partial charge in [0.25, 0.3) is 0 Å². The smallest absolute Gasteiger partial charge is 0.328 e. The molecule has 1 aliphatic carbocycles. The summed E-state index contributed by atoms with van der Waals surface area (Å²) in [6, 6.07) is 3.86. The van der Waals surface area contributed by atoms with Crippen molar-refractivity contribution in [2.45, 2.75) is 45.1 Å². The summed E-state index contributed by atoms with van der Waals surface area (Å²) >= 11 is 0. The van der Waals surface area contributed by atoms with E-state index in [9.17, 15) is 4.79 Å². The molecule has 0 saturated carbocycles. The lowest BCUT2D eigenvalue weighted by molar-refractivity contribution is -0.144. The van der Waals surface area contributed by atoms with E-state index in [4.69, 9.17) is 10.5 Å². The lowest BCUT2D eigenvalue weighted by Crippen LogP contribution is -2.21. The zero-order valence-electron chi connectivity index (χ0n) is 12.6. The molecule has 0 radical (unpaired) electrons. The molecule has 0 saturated heterocycles. The molecule has 3 rings (SSSR count). The van der Waals surface area contributed by atoms with Crippen molar-refractivity contribution in [3.05, 3.63) is 23.3 Å². The van der Waals surface area contributed by atoms with Crippen LogP contribution >= 0.6 is 0 Å². The predicted octanol–water partition coefficient (Wildman–Crippen LogP) is 2.62. The van der Waals surface area contributed by atoms with Crippen LogP contribution in [-0.4, -0.2) is 22.6 Å². The molecule has 1 heterocycles. The van der Waals surface area contributed by atoms with E-state index < -0.39 is 6.04 Å². The van der Waals surface area contributed by atoms with E-state index >= 15 is 0 Å². The fraction of sp³-hybridized carbons (Fsp3) is 0.500. The number of imidazole rings is 1. The first-order valence-electron chi connectivity index (χ1n) is 7.52. The summed E-state index contributed by atoms with van der Waals surface area (Å²) in [7, 11) is 1.40. The number of methoxy groups -OCH3 is 1. The van der Waals surface area contributed by atoms with Gasteiger partial charge in [-0.2, -0.15) is 0 Å². The van der Waals surface area contributed by atoms with Gasteiger partial charge in [-0.15, -0.1) is 0 Å². The Morgan fingerprint density at radius 1 is 1.38 bits per heavy atom. The molecule has 1 aliphatic rings. The van der Waals surface area contributed by atoms with Crippen molar-refractivity contribution < 1.29 is 9.53 Å². The number of aryl methyl sites for hydroxylation is 2. The lowest BCUT2D eigenvalue weighted by atomic mass is 9.91. The molecule has 2 N–H and O–H groups in total. The summed E-state index contributed by atoms with van der Waals surface area (Å²) in [5.74, 6) is 0.103. The van der Waals surface area contributed by atoms with Crippen LogP contribution in [0.3, 0.4) is 0 Å². The van der Waals surface area contributed by atoms with E-state index in [0.717, 1.165) is 23.9 Å². The first kappa shape index (κ1) is 13.9. The number of carbonyl (C=O) groups excluding carboxylic acids is 1. The van der Waals surface area contributed by atoms with Gasteiger partial charge in [-0.25, -0.2) is 9.78 Å². The monoisotopic (exact) mass is 287 g/mol. The minimum absolute atomic E-state index is 0.277. The van der Waals surface area contributed by atoms with Gasteiger partial charge in [0.1, 0.15) is 6.04 Å². The van der Waals surface area contributed by atoms with Crippen LogP contribution in [0, 0.1) is 0 Å². The second-order valence-electron chi connectivity index (χ2n) is 5.60. The van der Waals surface area contributed by atoms with Gasteiger partial charge in [0.15, 0.2) is 0 Å². The van der Waals surface area contributed by atoms with Gasteiger partial charge in [-0.3, -0.25) is 4.57 Å². The Morgan fingerprint density at radius 3 is 2.67 bits per heavy atom. The third-order valence-electron chi connectivity index (χ3n) is 4.35. The van der Waals surface area contributed by atoms with Crippen LogP contribution in [0.1, 0.15) is 43.4 Å². The van der Waals surface area contributed by atoms with E-state index in [0.29, 0.717) is 12.4 Å². The molecule has 112 valence electrons. The normalized spacial score (nSPS) is 15.7. The van der Waals surface area contributed by atoms with E-state index in [2.05, 4.69) is 17.1 Å². The van der Waals surface area contributed by atoms with Crippen LogP contribution in [0.15, 0.2) is 12.1 Å². The zero-order chi connectivity index (χ0) is 15.0. The first-order valence-corrected chi connectivity index (χ1v) is 7.52. The number of benzene rings is 1. The number of nitrogen functional groups attached to an aromatic ring is 1. The highest BCUT2D eigenvalue weighted by Gasteiger charge is 2.25. The molecule has 0 spiro atoms. The number of hydrogen-bond acceptors (Lipinski definition) is 4. The average molecular weight is 287 g/mol. The van der Waals surface area contributed by atoms with Crippen molar-refractivity contribution in [1.82, 2.24) is 9.55 Å². The van der Waals surface area contributed by atoms with Crippen molar-refractivity contribution in [2.75, 3.05) is 12.8 Å². The van der Waals surface area contributed by atoms with Crippen LogP contribution in [0.5, 0.6) is 0 Å². The second-order valence-corrected chi connectivity index (χ2v) is 5.60. The maximum atomic E-state index is 12.0. The fourth-order valence-corrected chi connectivity index (χ4v) is 3.26. The fourth-order valence-electron chi connectivity index (χ4n) is 3.26. The molecule has 21 heavy (non-hydrogen) atoms. The van der Waals surface area contributed by atoms with Crippen LogP contribution in [0.4, 0.5) is 5.95 Å². The molecule has 0 fully saturated rings. The van der Waals surface area contributed by atoms with Crippen LogP contribution in [-0.2, 0) is 22.4 Å². The van der Waals surface area contributed by atoms with Gasteiger partial charge >= 0.3 is 5.97 Å². The topological polar surface area (TPSA) is 70.1 Å². The largest absolute Gasteiger partial charge is 0.467 e. The van der Waals surface area contributed by atoms with E-state index in [1.807, 2.05) is 11.5 Å². The third kappa shape index (κ3) is 2.26. The highest BCUT2D eigenvalue weighted by molar-refractivity contribution is 5.84. The number of carbonyl (C=O) groups is 1. The molecule has 0 bridgehead atoms. The maximum Gasteiger partial charge on any atom is 0.328 e. The summed E-state index contributed by atoms with van der Waals surface area (Å²) in [6.45, 7) is 1.95. The number of fused-ring (bicyclic) bond motifs is 2. The Morgan fingerprint density at radius 2 is 2.05 bits per heavy atom. The van der Waals surface area contributed by atoms with Gasteiger partial charge in [-0.05, 0) is 55.4 Å². The molecule has 1 unspecified atom stereocenters. The molecule has 0 aliphatic heterocycles. The summed E-state index contributed by atoms with van der Waals surface area (Å²) in [4.78, 5) is 16.4. The van der Waals surface area contributed by atoms with Crippen LogP contribution < -0.4 is 5.73 Å². The molecule has 5 heteroatoms. The molecular weight excluding hydrogens is 266 g/mol.